The Bertz CT molecular complexity index is 704. The number of ether oxygens (including phenoxy) is 1. The van der Waals surface area contributed by atoms with Crippen molar-refractivity contribution in [3.63, 3.8) is 0 Å². The molecule has 1 fully saturated rings. The molecule has 2 aromatic carbocycles. The molecule has 1 aliphatic heterocycles. The summed E-state index contributed by atoms with van der Waals surface area (Å²) in [6.45, 7) is 4.98. The second kappa shape index (κ2) is 8.86. The number of likely N-dealkylation sites (tertiary alicyclic amines) is 1. The zero-order chi connectivity index (χ0) is 18.4. The highest BCUT2D eigenvalue weighted by Crippen LogP contribution is 2.25. The van der Waals surface area contributed by atoms with Crippen molar-refractivity contribution in [2.24, 2.45) is 0 Å². The standard InChI is InChI=1S/C22H28N2O2/c1-3-17-6-8-18(9-7-17)21(24-14-4-5-15-24)16-23-22(25)19-10-12-20(26-2)13-11-19/h6-13,21H,3-5,14-16H2,1-2H3,(H,23,25)/t21-/m1/s1. The maximum Gasteiger partial charge on any atom is 0.251 e. The molecule has 1 aliphatic rings. The summed E-state index contributed by atoms with van der Waals surface area (Å²) >= 11 is 0. The summed E-state index contributed by atoms with van der Waals surface area (Å²) < 4.78 is 5.15. The molecule has 1 atom stereocenters. The maximum atomic E-state index is 12.5. The number of hydrogen-bond donors (Lipinski definition) is 1. The molecule has 2 aromatic rings. The van der Waals surface area contributed by atoms with Crippen LogP contribution in [0, 0.1) is 0 Å². The van der Waals surface area contributed by atoms with Gasteiger partial charge in [0.2, 0.25) is 0 Å². The number of amides is 1. The molecule has 1 N–H and O–H groups in total. The van der Waals surface area contributed by atoms with Gasteiger partial charge in [-0.2, -0.15) is 0 Å². The molecular weight excluding hydrogens is 324 g/mol. The van der Waals surface area contributed by atoms with Crippen LogP contribution in [0.3, 0.4) is 0 Å². The number of hydrogen-bond acceptors (Lipinski definition) is 3. The molecule has 1 amide bonds. The van der Waals surface area contributed by atoms with Crippen LogP contribution in [-0.2, 0) is 6.42 Å². The average Bonchev–Trinajstić information content (AvgIpc) is 3.23. The van der Waals surface area contributed by atoms with E-state index in [4.69, 9.17) is 4.74 Å². The van der Waals surface area contributed by atoms with Crippen molar-refractivity contribution in [2.75, 3.05) is 26.7 Å². The first-order valence-electron chi connectivity index (χ1n) is 9.46. The molecule has 3 rings (SSSR count). The molecule has 138 valence electrons. The number of carbonyl (C=O) groups excluding carboxylic acids is 1. The van der Waals surface area contributed by atoms with Crippen LogP contribution in [0.15, 0.2) is 48.5 Å². The van der Waals surface area contributed by atoms with E-state index < -0.39 is 0 Å². The normalized spacial score (nSPS) is 15.6. The van der Waals surface area contributed by atoms with Gasteiger partial charge < -0.3 is 10.1 Å². The molecule has 0 saturated carbocycles. The van der Waals surface area contributed by atoms with Crippen molar-refractivity contribution in [3.05, 3.63) is 65.2 Å². The first-order chi connectivity index (χ1) is 12.7. The number of rotatable bonds is 7. The lowest BCUT2D eigenvalue weighted by Crippen LogP contribution is -2.36. The quantitative estimate of drug-likeness (QED) is 0.823. The second-order valence-electron chi connectivity index (χ2n) is 6.79. The SMILES string of the molecule is CCc1ccc([C@@H](CNC(=O)c2ccc(OC)cc2)N2CCCC2)cc1. The molecule has 0 aliphatic carbocycles. The van der Waals surface area contributed by atoms with Crippen molar-refractivity contribution in [2.45, 2.75) is 32.2 Å². The molecule has 26 heavy (non-hydrogen) atoms. The van der Waals surface area contributed by atoms with Crippen molar-refractivity contribution in [3.8, 4) is 5.75 Å². The number of nitrogens with zero attached hydrogens (tertiary/aromatic N) is 1. The van der Waals surface area contributed by atoms with E-state index in [1.54, 1.807) is 19.2 Å². The number of aryl methyl sites for hydroxylation is 1. The zero-order valence-corrected chi connectivity index (χ0v) is 15.7. The molecule has 0 bridgehead atoms. The molecule has 1 saturated heterocycles. The highest BCUT2D eigenvalue weighted by Gasteiger charge is 2.24. The summed E-state index contributed by atoms with van der Waals surface area (Å²) in [5.41, 5.74) is 3.28. The minimum Gasteiger partial charge on any atom is -0.497 e. The lowest BCUT2D eigenvalue weighted by atomic mass is 10.0. The van der Waals surface area contributed by atoms with Crippen LogP contribution in [-0.4, -0.2) is 37.6 Å². The second-order valence-corrected chi connectivity index (χ2v) is 6.79. The third-order valence-corrected chi connectivity index (χ3v) is 5.16. The van der Waals surface area contributed by atoms with E-state index in [1.165, 1.54) is 24.0 Å². The highest BCUT2D eigenvalue weighted by atomic mass is 16.5. The van der Waals surface area contributed by atoms with Crippen molar-refractivity contribution < 1.29 is 9.53 Å². The van der Waals surface area contributed by atoms with Gasteiger partial charge in [-0.25, -0.2) is 0 Å². The van der Waals surface area contributed by atoms with Gasteiger partial charge in [-0.1, -0.05) is 31.2 Å². The molecule has 0 spiro atoms. The van der Waals surface area contributed by atoms with Gasteiger partial charge in [0.1, 0.15) is 5.75 Å². The first kappa shape index (κ1) is 18.5. The predicted octanol–water partition coefficient (Wildman–Crippen LogP) is 3.82. The van der Waals surface area contributed by atoms with Crippen molar-refractivity contribution >= 4 is 5.91 Å². The van der Waals surface area contributed by atoms with E-state index in [9.17, 15) is 4.79 Å². The smallest absolute Gasteiger partial charge is 0.251 e. The van der Waals surface area contributed by atoms with Crippen LogP contribution in [0.4, 0.5) is 0 Å². The van der Waals surface area contributed by atoms with Crippen LogP contribution >= 0.6 is 0 Å². The van der Waals surface area contributed by atoms with Crippen LogP contribution in [0.5, 0.6) is 5.75 Å². The van der Waals surface area contributed by atoms with Gasteiger partial charge in [-0.05, 0) is 67.7 Å². The number of nitrogens with one attached hydrogen (secondary N) is 1. The van der Waals surface area contributed by atoms with E-state index in [2.05, 4.69) is 41.4 Å². The number of carbonyl (C=O) groups is 1. The molecule has 4 nitrogen and oxygen atoms in total. The Hall–Kier alpha value is -2.33. The monoisotopic (exact) mass is 352 g/mol. The maximum absolute atomic E-state index is 12.5. The van der Waals surface area contributed by atoms with Gasteiger partial charge in [0.05, 0.1) is 13.2 Å². The summed E-state index contributed by atoms with van der Waals surface area (Å²) in [6.07, 6.45) is 3.51. The fraction of sp³-hybridized carbons (Fsp3) is 0.409. The van der Waals surface area contributed by atoms with Crippen molar-refractivity contribution in [1.29, 1.82) is 0 Å². The Kier molecular flexibility index (Phi) is 6.29. The molecule has 0 aromatic heterocycles. The number of methoxy groups -OCH3 is 1. The third kappa shape index (κ3) is 4.44. The summed E-state index contributed by atoms with van der Waals surface area (Å²) in [7, 11) is 1.62. The minimum absolute atomic E-state index is 0.0398. The summed E-state index contributed by atoms with van der Waals surface area (Å²) in [6, 6.07) is 16.3. The number of benzene rings is 2. The van der Waals surface area contributed by atoms with Crippen LogP contribution in [0.1, 0.15) is 47.3 Å². The molecule has 0 radical (unpaired) electrons. The van der Waals surface area contributed by atoms with E-state index in [1.807, 2.05) is 12.1 Å². The summed E-state index contributed by atoms with van der Waals surface area (Å²) in [4.78, 5) is 15.0. The molecular formula is C22H28N2O2. The van der Waals surface area contributed by atoms with Gasteiger partial charge in [0.15, 0.2) is 0 Å². The van der Waals surface area contributed by atoms with Crippen LogP contribution < -0.4 is 10.1 Å². The first-order valence-corrected chi connectivity index (χ1v) is 9.46. The van der Waals surface area contributed by atoms with E-state index >= 15 is 0 Å². The molecule has 1 heterocycles. The fourth-order valence-electron chi connectivity index (χ4n) is 3.52. The van der Waals surface area contributed by atoms with E-state index in [0.717, 1.165) is 25.3 Å². The summed E-state index contributed by atoms with van der Waals surface area (Å²) in [5.74, 6) is 0.717. The van der Waals surface area contributed by atoms with Crippen LogP contribution in [0.2, 0.25) is 0 Å². The molecule has 0 unspecified atom stereocenters. The highest BCUT2D eigenvalue weighted by molar-refractivity contribution is 5.94. The Balaban J connectivity index is 1.69. The van der Waals surface area contributed by atoms with E-state index in [-0.39, 0.29) is 11.9 Å². The van der Waals surface area contributed by atoms with Gasteiger partial charge in [0.25, 0.3) is 5.91 Å². The lowest BCUT2D eigenvalue weighted by molar-refractivity contribution is 0.0938. The van der Waals surface area contributed by atoms with Gasteiger partial charge in [-0.15, -0.1) is 0 Å². The predicted molar refractivity (Wildman–Crippen MR) is 105 cm³/mol. The Morgan fingerprint density at radius 3 is 2.31 bits per heavy atom. The Morgan fingerprint density at radius 1 is 1.08 bits per heavy atom. The average molecular weight is 352 g/mol. The fourth-order valence-corrected chi connectivity index (χ4v) is 3.52. The molecule has 4 heteroatoms. The van der Waals surface area contributed by atoms with E-state index in [0.29, 0.717) is 12.1 Å². The minimum atomic E-state index is -0.0398. The Labute approximate surface area is 156 Å². The zero-order valence-electron chi connectivity index (χ0n) is 15.7. The van der Waals surface area contributed by atoms with Crippen LogP contribution in [0.25, 0.3) is 0 Å². The third-order valence-electron chi connectivity index (χ3n) is 5.16. The summed E-state index contributed by atoms with van der Waals surface area (Å²) in [5, 5.41) is 3.12. The van der Waals surface area contributed by atoms with Crippen molar-refractivity contribution in [1.82, 2.24) is 10.2 Å². The lowest BCUT2D eigenvalue weighted by Gasteiger charge is -2.28. The van der Waals surface area contributed by atoms with Gasteiger partial charge >= 0.3 is 0 Å². The van der Waals surface area contributed by atoms with Gasteiger partial charge in [0, 0.05) is 12.1 Å². The Morgan fingerprint density at radius 2 is 1.73 bits per heavy atom. The largest absolute Gasteiger partial charge is 0.497 e. The van der Waals surface area contributed by atoms with Gasteiger partial charge in [-0.3, -0.25) is 9.69 Å². The topological polar surface area (TPSA) is 41.6 Å².